The average Bonchev–Trinajstić information content (AvgIpc) is 3.62. The second kappa shape index (κ2) is 32.5. The molecule has 8 rings (SSSR count). The van der Waals surface area contributed by atoms with E-state index in [2.05, 4.69) is 13.0 Å². The minimum absolute atomic E-state index is 0.0198. The first-order valence-electron chi connectivity index (χ1n) is 28.9. The van der Waals surface area contributed by atoms with E-state index in [0.717, 1.165) is 116 Å². The highest BCUT2D eigenvalue weighted by Gasteiger charge is 2.22. The Balaban J connectivity index is 0.876. The largest absolute Gasteiger partial charge is 0.494 e. The lowest BCUT2D eigenvalue weighted by Crippen LogP contribution is -2.15. The van der Waals surface area contributed by atoms with Crippen molar-refractivity contribution in [3.8, 4) is 79.7 Å². The van der Waals surface area contributed by atoms with Gasteiger partial charge in [0, 0.05) is 6.07 Å². The maximum absolute atomic E-state index is 14.2. The third kappa shape index (κ3) is 19.3. The molecule has 0 aliphatic rings. The van der Waals surface area contributed by atoms with E-state index in [4.69, 9.17) is 33.2 Å². The van der Waals surface area contributed by atoms with Gasteiger partial charge < -0.3 is 33.2 Å². The van der Waals surface area contributed by atoms with Crippen LogP contribution in [0.15, 0.2) is 182 Å². The van der Waals surface area contributed by atoms with Crippen molar-refractivity contribution in [1.29, 1.82) is 5.26 Å². The van der Waals surface area contributed by atoms with Crippen LogP contribution in [-0.4, -0.2) is 45.0 Å². The number of nitriles is 1. The maximum Gasteiger partial charge on any atom is 0.347 e. The number of hydrogen-bond donors (Lipinski definition) is 0. The zero-order valence-electron chi connectivity index (χ0n) is 47.1. The van der Waals surface area contributed by atoms with E-state index in [9.17, 15) is 23.6 Å². The lowest BCUT2D eigenvalue weighted by atomic mass is 10.0. The predicted octanol–water partition coefficient (Wildman–Crippen LogP) is 18.1. The van der Waals surface area contributed by atoms with Crippen LogP contribution in [0.3, 0.4) is 0 Å². The van der Waals surface area contributed by atoms with E-state index in [0.29, 0.717) is 61.6 Å². The van der Waals surface area contributed by atoms with E-state index in [1.807, 2.05) is 72.8 Å². The van der Waals surface area contributed by atoms with Crippen molar-refractivity contribution in [1.82, 2.24) is 0 Å². The lowest BCUT2D eigenvalue weighted by Gasteiger charge is -2.15. The fourth-order valence-corrected chi connectivity index (χ4v) is 9.19. The summed E-state index contributed by atoms with van der Waals surface area (Å²) in [5.74, 6) is 1.18. The Morgan fingerprint density at radius 2 is 0.747 bits per heavy atom. The molecule has 0 bridgehead atoms. The number of carbonyl (C=O) groups excluding carboxylic acids is 2. The number of halogens is 2. The van der Waals surface area contributed by atoms with Gasteiger partial charge in [-0.25, -0.2) is 18.4 Å². The number of esters is 2. The summed E-state index contributed by atoms with van der Waals surface area (Å²) < 4.78 is 69.4. The molecule has 0 N–H and O–H groups in total. The molecule has 0 aromatic heterocycles. The molecule has 8 aromatic carbocycles. The molecule has 0 saturated heterocycles. The number of unbranched alkanes of at least 4 members (excludes halogenated alkanes) is 11. The molecule has 0 amide bonds. The van der Waals surface area contributed by atoms with Crippen molar-refractivity contribution in [2.45, 2.75) is 96.8 Å². The van der Waals surface area contributed by atoms with Crippen LogP contribution >= 0.6 is 0 Å². The molecule has 8 aromatic rings. The summed E-state index contributed by atoms with van der Waals surface area (Å²) in [6, 6.07) is 54.5. The Bertz CT molecular complexity index is 3310. The summed E-state index contributed by atoms with van der Waals surface area (Å²) in [4.78, 5) is 28.1. The topological polar surface area (TPSA) is 123 Å². The molecule has 10 nitrogen and oxygen atoms in total. The fraction of sp³-hybridized carbons (Fsp3) is 0.282. The van der Waals surface area contributed by atoms with Gasteiger partial charge in [0.1, 0.15) is 45.9 Å². The zero-order chi connectivity index (χ0) is 57.9. The van der Waals surface area contributed by atoms with Crippen molar-refractivity contribution in [2.75, 3.05) is 33.0 Å². The van der Waals surface area contributed by atoms with E-state index in [1.54, 1.807) is 84.9 Å². The molecule has 83 heavy (non-hydrogen) atoms. The van der Waals surface area contributed by atoms with Crippen molar-refractivity contribution in [3.63, 3.8) is 0 Å². The van der Waals surface area contributed by atoms with Gasteiger partial charge in [-0.15, -0.1) is 0 Å². The second-order valence-corrected chi connectivity index (χ2v) is 20.2. The van der Waals surface area contributed by atoms with Crippen LogP contribution in [0.4, 0.5) is 8.78 Å². The fourth-order valence-electron chi connectivity index (χ4n) is 9.19. The molecular weight excluding hydrogens is 1050 g/mol. The van der Waals surface area contributed by atoms with Gasteiger partial charge in [0.2, 0.25) is 0 Å². The Kier molecular flexibility index (Phi) is 23.5. The Morgan fingerprint density at radius 3 is 1.22 bits per heavy atom. The van der Waals surface area contributed by atoms with Crippen LogP contribution in [0.25, 0.3) is 33.4 Å². The smallest absolute Gasteiger partial charge is 0.347 e. The van der Waals surface area contributed by atoms with Crippen molar-refractivity contribution < 1.29 is 51.5 Å². The van der Waals surface area contributed by atoms with Crippen LogP contribution in [0.1, 0.15) is 123 Å². The van der Waals surface area contributed by atoms with E-state index < -0.39 is 11.9 Å². The molecule has 12 heteroatoms. The van der Waals surface area contributed by atoms with Crippen LogP contribution in [-0.2, 0) is 0 Å². The first kappa shape index (κ1) is 60.2. The Morgan fingerprint density at radius 1 is 0.361 bits per heavy atom. The molecule has 0 atom stereocenters. The zero-order valence-corrected chi connectivity index (χ0v) is 47.1. The van der Waals surface area contributed by atoms with Gasteiger partial charge in [0.05, 0.1) is 50.2 Å². The van der Waals surface area contributed by atoms with Gasteiger partial charge >= 0.3 is 11.9 Å². The number of nitrogens with zero attached hydrogens (tertiary/aromatic N) is 1. The summed E-state index contributed by atoms with van der Waals surface area (Å²) in [5, 5.41) is 9.21. The van der Waals surface area contributed by atoms with Gasteiger partial charge in [0.15, 0.2) is 11.5 Å². The van der Waals surface area contributed by atoms with E-state index in [1.165, 1.54) is 43.5 Å². The molecule has 0 aliphatic carbocycles. The van der Waals surface area contributed by atoms with Crippen LogP contribution in [0.2, 0.25) is 0 Å². The number of benzene rings is 8. The summed E-state index contributed by atoms with van der Waals surface area (Å²) in [6.45, 7) is 4.58. The summed E-state index contributed by atoms with van der Waals surface area (Å²) >= 11 is 0. The summed E-state index contributed by atoms with van der Waals surface area (Å²) in [5.41, 5.74) is 6.41. The van der Waals surface area contributed by atoms with Gasteiger partial charge in [-0.05, 0) is 194 Å². The van der Waals surface area contributed by atoms with Crippen LogP contribution in [0, 0.1) is 23.0 Å². The number of carbonyl (C=O) groups is 2. The molecule has 0 fully saturated rings. The van der Waals surface area contributed by atoms with Crippen LogP contribution < -0.4 is 33.2 Å². The van der Waals surface area contributed by atoms with E-state index in [-0.39, 0.29) is 28.5 Å². The minimum Gasteiger partial charge on any atom is -0.494 e. The van der Waals surface area contributed by atoms with Gasteiger partial charge in [0.25, 0.3) is 0 Å². The van der Waals surface area contributed by atoms with Crippen molar-refractivity contribution in [3.05, 3.63) is 210 Å². The summed E-state index contributed by atoms with van der Waals surface area (Å²) in [7, 11) is 0. The molecule has 0 heterocycles. The van der Waals surface area contributed by atoms with E-state index >= 15 is 0 Å². The Hall–Kier alpha value is -8.95. The van der Waals surface area contributed by atoms with Crippen LogP contribution in [0.5, 0.6) is 40.2 Å². The Labute approximate surface area is 486 Å². The van der Waals surface area contributed by atoms with Gasteiger partial charge in [-0.1, -0.05) is 112 Å². The minimum atomic E-state index is -0.722. The van der Waals surface area contributed by atoms with Crippen molar-refractivity contribution >= 4 is 11.9 Å². The molecule has 0 unspecified atom stereocenters. The first-order chi connectivity index (χ1) is 40.7. The molecule has 0 spiro atoms. The molecular formula is C71H71F2NO9. The average molecular weight is 1120 g/mol. The first-order valence-corrected chi connectivity index (χ1v) is 28.9. The number of rotatable bonds is 33. The monoisotopic (exact) mass is 1120 g/mol. The predicted molar refractivity (Wildman–Crippen MR) is 321 cm³/mol. The highest BCUT2D eigenvalue weighted by Crippen LogP contribution is 2.33. The molecule has 0 saturated carbocycles. The third-order valence-corrected chi connectivity index (χ3v) is 13.9. The standard InChI is InChI=1S/C71H71F2NO9/c1-2-3-4-5-6-11-46-79-65-41-42-66(71(76)82-64-39-28-58(29-40-64)53-18-16-52(51-74)17-19-53)68(50-65)83-70(75)59-30-43-67(80-47-14-9-7-12-44-77-62-35-24-56(25-36-62)54-20-31-60(72)32-21-54)69(49-59)81-48-15-10-8-13-45-78-63-37-26-57(27-38-63)55-22-33-61(73)34-23-55/h16-43,49-50H,2-15,44-48H2,1H3. The molecule has 0 radical (unpaired) electrons. The maximum atomic E-state index is 14.2. The lowest BCUT2D eigenvalue weighted by molar-refractivity contribution is 0.0706. The highest BCUT2D eigenvalue weighted by molar-refractivity contribution is 5.97. The highest BCUT2D eigenvalue weighted by atomic mass is 19.1. The third-order valence-electron chi connectivity index (χ3n) is 13.9. The molecule has 0 aliphatic heterocycles. The number of hydrogen-bond acceptors (Lipinski definition) is 10. The second-order valence-electron chi connectivity index (χ2n) is 20.2. The summed E-state index contributed by atoms with van der Waals surface area (Å²) in [6.07, 6.45) is 13.5. The SMILES string of the molecule is CCCCCCCCOc1ccc(C(=O)Oc2ccc(-c3ccc(C#N)cc3)cc2)c(OC(=O)c2ccc(OCCCCCCOc3ccc(-c4ccc(F)cc4)cc3)c(OCCCCCCOc3ccc(-c4ccc(F)cc4)cc3)c2)c1. The van der Waals surface area contributed by atoms with Gasteiger partial charge in [-0.3, -0.25) is 0 Å². The van der Waals surface area contributed by atoms with Gasteiger partial charge in [-0.2, -0.15) is 5.26 Å². The normalized spacial score (nSPS) is 10.9. The van der Waals surface area contributed by atoms with Crippen molar-refractivity contribution in [2.24, 2.45) is 0 Å². The quantitative estimate of drug-likeness (QED) is 0.0223. The number of ether oxygens (including phenoxy) is 7. The molecule has 428 valence electrons.